The van der Waals surface area contributed by atoms with Gasteiger partial charge in [0.25, 0.3) is 0 Å². The Balaban J connectivity index is 1.61. The summed E-state index contributed by atoms with van der Waals surface area (Å²) < 4.78 is 0. The fraction of sp³-hybridized carbons (Fsp3) is 1.00. The first kappa shape index (κ1) is 13.0. The summed E-state index contributed by atoms with van der Waals surface area (Å²) in [6.07, 6.45) is 11.8. The summed E-state index contributed by atoms with van der Waals surface area (Å²) in [4.78, 5) is 0. The lowest BCUT2D eigenvalue weighted by atomic mass is 9.68. The van der Waals surface area contributed by atoms with Crippen molar-refractivity contribution in [2.24, 2.45) is 22.7 Å². The van der Waals surface area contributed by atoms with Crippen LogP contribution in [0.1, 0.15) is 72.1 Å². The number of fused-ring (bicyclic) bond motifs is 2. The lowest BCUT2D eigenvalue weighted by molar-refractivity contribution is 0.103. The van der Waals surface area contributed by atoms with Gasteiger partial charge in [-0.05, 0) is 61.3 Å². The van der Waals surface area contributed by atoms with Crippen LogP contribution in [0.25, 0.3) is 0 Å². The van der Waals surface area contributed by atoms with E-state index in [2.05, 4.69) is 26.1 Å². The van der Waals surface area contributed by atoms with Gasteiger partial charge in [-0.2, -0.15) is 0 Å². The zero-order valence-electron chi connectivity index (χ0n) is 12.6. The van der Waals surface area contributed by atoms with E-state index < -0.39 is 0 Å². The number of hydrogen-bond acceptors (Lipinski definition) is 1. The van der Waals surface area contributed by atoms with Crippen LogP contribution in [0.15, 0.2) is 0 Å². The summed E-state index contributed by atoms with van der Waals surface area (Å²) >= 11 is 0. The highest BCUT2D eigenvalue weighted by molar-refractivity contribution is 5.12. The standard InChI is InChI=1S/C17H31N/c1-16(2)14-9-10-17(3,11-14)15(16)18-12-13-7-5-4-6-8-13/h13-15,18H,4-12H2,1-3H3/t14-,15?,17+/m0/s1. The van der Waals surface area contributed by atoms with Gasteiger partial charge in [-0.1, -0.05) is 40.0 Å². The predicted molar refractivity (Wildman–Crippen MR) is 77.6 cm³/mol. The van der Waals surface area contributed by atoms with Gasteiger partial charge in [0.2, 0.25) is 0 Å². The molecule has 104 valence electrons. The second kappa shape index (κ2) is 4.51. The summed E-state index contributed by atoms with van der Waals surface area (Å²) in [5.74, 6) is 1.95. The van der Waals surface area contributed by atoms with Crippen molar-refractivity contribution in [3.05, 3.63) is 0 Å². The summed E-state index contributed by atoms with van der Waals surface area (Å²) in [5.41, 5.74) is 1.13. The summed E-state index contributed by atoms with van der Waals surface area (Å²) in [7, 11) is 0. The van der Waals surface area contributed by atoms with Crippen LogP contribution in [-0.2, 0) is 0 Å². The van der Waals surface area contributed by atoms with Crippen LogP contribution in [0.2, 0.25) is 0 Å². The molecule has 1 N–H and O–H groups in total. The topological polar surface area (TPSA) is 12.0 Å². The molecular weight excluding hydrogens is 218 g/mol. The Bertz CT molecular complexity index is 298. The van der Waals surface area contributed by atoms with Crippen molar-refractivity contribution in [3.8, 4) is 0 Å². The Morgan fingerprint density at radius 2 is 1.72 bits per heavy atom. The van der Waals surface area contributed by atoms with Crippen LogP contribution in [0.3, 0.4) is 0 Å². The van der Waals surface area contributed by atoms with Gasteiger partial charge < -0.3 is 5.32 Å². The van der Waals surface area contributed by atoms with Gasteiger partial charge in [0.05, 0.1) is 0 Å². The molecule has 1 nitrogen and oxygen atoms in total. The average Bonchev–Trinajstić information content (AvgIpc) is 2.81. The fourth-order valence-electron chi connectivity index (χ4n) is 5.49. The minimum absolute atomic E-state index is 0.529. The van der Waals surface area contributed by atoms with Crippen LogP contribution in [0, 0.1) is 22.7 Å². The van der Waals surface area contributed by atoms with Gasteiger partial charge in [-0.25, -0.2) is 0 Å². The monoisotopic (exact) mass is 249 g/mol. The quantitative estimate of drug-likeness (QED) is 0.783. The molecule has 3 fully saturated rings. The van der Waals surface area contributed by atoms with E-state index in [9.17, 15) is 0 Å². The lowest BCUT2D eigenvalue weighted by Gasteiger charge is -2.44. The molecule has 1 unspecified atom stereocenters. The molecule has 0 aromatic carbocycles. The minimum Gasteiger partial charge on any atom is -0.313 e. The van der Waals surface area contributed by atoms with Crippen LogP contribution >= 0.6 is 0 Å². The van der Waals surface area contributed by atoms with Crippen LogP contribution in [0.5, 0.6) is 0 Å². The zero-order valence-corrected chi connectivity index (χ0v) is 12.6. The fourth-order valence-corrected chi connectivity index (χ4v) is 5.49. The smallest absolute Gasteiger partial charge is 0.0175 e. The molecule has 3 atom stereocenters. The van der Waals surface area contributed by atoms with Gasteiger partial charge in [0, 0.05) is 6.04 Å². The third kappa shape index (κ3) is 2.03. The average molecular weight is 249 g/mol. The largest absolute Gasteiger partial charge is 0.313 e. The third-order valence-corrected chi connectivity index (χ3v) is 6.61. The number of nitrogens with one attached hydrogen (secondary N) is 1. The second-order valence-corrected chi connectivity index (χ2v) is 8.26. The molecule has 3 aliphatic carbocycles. The molecule has 0 radical (unpaired) electrons. The van der Waals surface area contributed by atoms with Gasteiger partial charge in [0.15, 0.2) is 0 Å². The van der Waals surface area contributed by atoms with Gasteiger partial charge >= 0.3 is 0 Å². The first-order valence-electron chi connectivity index (χ1n) is 8.26. The summed E-state index contributed by atoms with van der Waals surface area (Å²) in [6, 6.07) is 0.769. The van der Waals surface area contributed by atoms with Crippen molar-refractivity contribution in [2.75, 3.05) is 6.54 Å². The molecule has 0 saturated heterocycles. The predicted octanol–water partition coefficient (Wildman–Crippen LogP) is 4.37. The Hall–Kier alpha value is -0.0400. The molecule has 2 bridgehead atoms. The van der Waals surface area contributed by atoms with E-state index in [1.807, 2.05) is 0 Å². The number of hydrogen-bond donors (Lipinski definition) is 1. The van der Waals surface area contributed by atoms with E-state index in [1.54, 1.807) is 0 Å². The second-order valence-electron chi connectivity index (χ2n) is 8.26. The molecule has 18 heavy (non-hydrogen) atoms. The molecule has 0 spiro atoms. The molecule has 1 heteroatoms. The van der Waals surface area contributed by atoms with Crippen LogP contribution in [0.4, 0.5) is 0 Å². The number of rotatable bonds is 3. The van der Waals surface area contributed by atoms with Crippen LogP contribution in [-0.4, -0.2) is 12.6 Å². The van der Waals surface area contributed by atoms with Crippen molar-refractivity contribution in [2.45, 2.75) is 78.2 Å². The molecular formula is C17H31N. The van der Waals surface area contributed by atoms with Gasteiger partial charge in [-0.15, -0.1) is 0 Å². The third-order valence-electron chi connectivity index (χ3n) is 6.61. The highest BCUT2D eigenvalue weighted by atomic mass is 15.0. The molecule has 3 rings (SSSR count). The lowest BCUT2D eigenvalue weighted by Crippen LogP contribution is -2.51. The van der Waals surface area contributed by atoms with E-state index in [4.69, 9.17) is 0 Å². The van der Waals surface area contributed by atoms with Gasteiger partial charge in [0.1, 0.15) is 0 Å². The summed E-state index contributed by atoms with van der Waals surface area (Å²) in [6.45, 7) is 8.86. The Morgan fingerprint density at radius 3 is 2.33 bits per heavy atom. The first-order valence-corrected chi connectivity index (χ1v) is 8.26. The van der Waals surface area contributed by atoms with E-state index in [0.717, 1.165) is 17.9 Å². The zero-order chi connectivity index (χ0) is 12.8. The van der Waals surface area contributed by atoms with Crippen molar-refractivity contribution >= 4 is 0 Å². The summed E-state index contributed by atoms with van der Waals surface area (Å²) in [5, 5.41) is 4.01. The minimum atomic E-state index is 0.529. The van der Waals surface area contributed by atoms with Crippen molar-refractivity contribution in [3.63, 3.8) is 0 Å². The first-order chi connectivity index (χ1) is 8.52. The normalized spacial score (nSPS) is 43.5. The highest BCUT2D eigenvalue weighted by Gasteiger charge is 2.58. The molecule has 0 aliphatic heterocycles. The van der Waals surface area contributed by atoms with E-state index >= 15 is 0 Å². The van der Waals surface area contributed by atoms with Crippen molar-refractivity contribution < 1.29 is 0 Å². The maximum absolute atomic E-state index is 4.01. The van der Waals surface area contributed by atoms with Crippen molar-refractivity contribution in [1.82, 2.24) is 5.32 Å². The molecule has 0 aromatic rings. The molecule has 0 heterocycles. The molecule has 0 amide bonds. The Labute approximate surface area is 113 Å². The SMILES string of the molecule is CC1(C)C(NCC2CCCCC2)[C@]2(C)CC[C@H]1C2. The highest BCUT2D eigenvalue weighted by Crippen LogP contribution is 2.62. The molecule has 0 aromatic heterocycles. The molecule has 3 saturated carbocycles. The van der Waals surface area contributed by atoms with Gasteiger partial charge in [-0.3, -0.25) is 0 Å². The van der Waals surface area contributed by atoms with E-state index in [-0.39, 0.29) is 0 Å². The van der Waals surface area contributed by atoms with E-state index in [0.29, 0.717) is 10.8 Å². The Kier molecular flexibility index (Phi) is 3.25. The maximum atomic E-state index is 4.01. The molecule has 3 aliphatic rings. The van der Waals surface area contributed by atoms with Crippen molar-refractivity contribution in [1.29, 1.82) is 0 Å². The van der Waals surface area contributed by atoms with Crippen LogP contribution < -0.4 is 5.32 Å². The maximum Gasteiger partial charge on any atom is 0.0175 e. The van der Waals surface area contributed by atoms with E-state index in [1.165, 1.54) is 57.9 Å². The Morgan fingerprint density at radius 1 is 1.00 bits per heavy atom.